The second-order valence-corrected chi connectivity index (χ2v) is 4.38. The van der Waals surface area contributed by atoms with Gasteiger partial charge in [-0.05, 0) is 6.92 Å². The molecule has 0 amide bonds. The molecule has 0 aromatic heterocycles. The summed E-state index contributed by atoms with van der Waals surface area (Å²) in [6.07, 6.45) is 1.74. The minimum Gasteiger partial charge on any atom is -0.549 e. The van der Waals surface area contributed by atoms with E-state index in [0.717, 1.165) is 5.75 Å². The minimum absolute atomic E-state index is 0.440. The molecule has 1 unspecified atom stereocenters. The lowest BCUT2D eigenvalue weighted by molar-refractivity contribution is -0.304. The van der Waals surface area contributed by atoms with Gasteiger partial charge in [0.15, 0.2) is 0 Å². The smallest absolute Gasteiger partial charge is 0.0550 e. The first-order chi connectivity index (χ1) is 4.68. The topological polar surface area (TPSA) is 40.1 Å². The van der Waals surface area contributed by atoms with Crippen molar-refractivity contribution in [2.24, 2.45) is 0 Å². The Bertz CT molecular complexity index is 125. The van der Waals surface area contributed by atoms with Gasteiger partial charge in [0, 0.05) is 5.75 Å². The molecular weight excluding hydrogens is 168 g/mol. The van der Waals surface area contributed by atoms with E-state index >= 15 is 0 Å². The van der Waals surface area contributed by atoms with Gasteiger partial charge in [0.25, 0.3) is 0 Å². The largest absolute Gasteiger partial charge is 0.549 e. The van der Waals surface area contributed by atoms with E-state index in [4.69, 9.17) is 0 Å². The first kappa shape index (κ1) is 9.91. The Labute approximate surface area is 68.5 Å². The molecule has 0 spiro atoms. The lowest BCUT2D eigenvalue weighted by Crippen LogP contribution is -2.30. The number of carbonyl (C=O) groups excluding carboxylic acids is 1. The van der Waals surface area contributed by atoms with Crippen LogP contribution in [0.1, 0.15) is 6.92 Å². The van der Waals surface area contributed by atoms with Gasteiger partial charge in [-0.3, -0.25) is 0 Å². The Balaban J connectivity index is 3.30. The lowest BCUT2D eigenvalue weighted by Gasteiger charge is -2.09. The molecule has 0 bridgehead atoms. The molecule has 0 aliphatic heterocycles. The van der Waals surface area contributed by atoms with Crippen LogP contribution < -0.4 is 5.11 Å². The minimum atomic E-state index is -1.01. The molecule has 0 aliphatic rings. The summed E-state index contributed by atoms with van der Waals surface area (Å²) in [6, 6.07) is 0. The summed E-state index contributed by atoms with van der Waals surface area (Å²) >= 11 is 0. The molecule has 0 fully saturated rings. The van der Waals surface area contributed by atoms with Crippen molar-refractivity contribution in [1.29, 1.82) is 0 Å². The second kappa shape index (κ2) is 5.68. The van der Waals surface area contributed by atoms with Crippen LogP contribution in [0, 0.1) is 0 Å². The van der Waals surface area contributed by atoms with E-state index in [1.54, 1.807) is 13.0 Å². The van der Waals surface area contributed by atoms with Crippen LogP contribution in [0.2, 0.25) is 0 Å². The standard InChI is InChI=1S/C6H10O2S2/c1-3-4-9-10-5(2)6(7)8/h3,5H,1,4H2,2H3,(H,7,8)/p-1. The van der Waals surface area contributed by atoms with Gasteiger partial charge in [-0.15, -0.1) is 6.58 Å². The van der Waals surface area contributed by atoms with Crippen molar-refractivity contribution in [2.75, 3.05) is 5.75 Å². The van der Waals surface area contributed by atoms with Crippen LogP contribution in [-0.4, -0.2) is 17.0 Å². The molecular formula is C6H9O2S2-. The number of aliphatic carboxylic acids is 1. The molecule has 0 aliphatic carbocycles. The van der Waals surface area contributed by atoms with Crippen molar-refractivity contribution in [3.05, 3.63) is 12.7 Å². The zero-order valence-electron chi connectivity index (χ0n) is 5.70. The van der Waals surface area contributed by atoms with E-state index in [0.29, 0.717) is 0 Å². The molecule has 1 atom stereocenters. The molecule has 4 heteroatoms. The van der Waals surface area contributed by atoms with E-state index < -0.39 is 11.2 Å². The van der Waals surface area contributed by atoms with Crippen LogP contribution in [-0.2, 0) is 4.79 Å². The van der Waals surface area contributed by atoms with Gasteiger partial charge in [-0.1, -0.05) is 27.7 Å². The van der Waals surface area contributed by atoms with Gasteiger partial charge in [-0.25, -0.2) is 0 Å². The monoisotopic (exact) mass is 177 g/mol. The normalized spacial score (nSPS) is 12.5. The number of hydrogen-bond acceptors (Lipinski definition) is 4. The fraction of sp³-hybridized carbons (Fsp3) is 0.500. The molecule has 0 saturated carbocycles. The van der Waals surface area contributed by atoms with E-state index in [-0.39, 0.29) is 0 Å². The third-order valence-electron chi connectivity index (χ3n) is 0.730. The molecule has 0 rings (SSSR count). The first-order valence-electron chi connectivity index (χ1n) is 2.78. The number of rotatable bonds is 5. The molecule has 0 N–H and O–H groups in total. The highest BCUT2D eigenvalue weighted by Crippen LogP contribution is 2.25. The zero-order chi connectivity index (χ0) is 7.98. The summed E-state index contributed by atoms with van der Waals surface area (Å²) in [4.78, 5) is 10.1. The lowest BCUT2D eigenvalue weighted by atomic mass is 10.5. The van der Waals surface area contributed by atoms with E-state index in [9.17, 15) is 9.90 Å². The molecule has 0 saturated heterocycles. The van der Waals surface area contributed by atoms with Gasteiger partial charge in [-0.2, -0.15) is 0 Å². The van der Waals surface area contributed by atoms with Gasteiger partial charge in [0.2, 0.25) is 0 Å². The predicted octanol–water partition coefficient (Wildman–Crippen LogP) is 0.692. The number of hydrogen-bond donors (Lipinski definition) is 0. The molecule has 0 aromatic carbocycles. The van der Waals surface area contributed by atoms with Crippen LogP contribution in [0.25, 0.3) is 0 Å². The maximum absolute atomic E-state index is 10.1. The fourth-order valence-electron chi connectivity index (χ4n) is 0.229. The van der Waals surface area contributed by atoms with Crippen LogP contribution in [0.3, 0.4) is 0 Å². The molecule has 10 heavy (non-hydrogen) atoms. The third kappa shape index (κ3) is 4.76. The maximum Gasteiger partial charge on any atom is 0.0550 e. The quantitative estimate of drug-likeness (QED) is 0.352. The molecule has 2 nitrogen and oxygen atoms in total. The second-order valence-electron chi connectivity index (χ2n) is 1.63. The van der Waals surface area contributed by atoms with E-state index in [1.807, 2.05) is 0 Å². The van der Waals surface area contributed by atoms with Crippen LogP contribution >= 0.6 is 21.6 Å². The van der Waals surface area contributed by atoms with Crippen molar-refractivity contribution < 1.29 is 9.90 Å². The highest BCUT2D eigenvalue weighted by atomic mass is 33.1. The molecule has 0 heterocycles. The van der Waals surface area contributed by atoms with Gasteiger partial charge in [0.1, 0.15) is 0 Å². The Kier molecular flexibility index (Phi) is 5.63. The highest BCUT2D eigenvalue weighted by molar-refractivity contribution is 8.77. The molecule has 0 aromatic rings. The Morgan fingerprint density at radius 3 is 2.90 bits per heavy atom. The van der Waals surface area contributed by atoms with E-state index in [1.165, 1.54) is 21.6 Å². The van der Waals surface area contributed by atoms with Gasteiger partial charge in [0.05, 0.1) is 11.2 Å². The Hall–Kier alpha value is -0.0900. The van der Waals surface area contributed by atoms with Crippen LogP contribution in [0.4, 0.5) is 0 Å². The van der Waals surface area contributed by atoms with Crippen molar-refractivity contribution >= 4 is 27.6 Å². The number of carbonyl (C=O) groups is 1. The van der Waals surface area contributed by atoms with Gasteiger partial charge < -0.3 is 9.90 Å². The van der Waals surface area contributed by atoms with Crippen LogP contribution in [0.15, 0.2) is 12.7 Å². The SMILES string of the molecule is C=CCSSC(C)C(=O)[O-]. The summed E-state index contributed by atoms with van der Waals surface area (Å²) in [5.41, 5.74) is 0. The molecule has 0 radical (unpaired) electrons. The maximum atomic E-state index is 10.1. The fourth-order valence-corrected chi connectivity index (χ4v) is 2.06. The van der Waals surface area contributed by atoms with Crippen molar-refractivity contribution in [2.45, 2.75) is 12.2 Å². The summed E-state index contributed by atoms with van der Waals surface area (Å²) in [6.45, 7) is 5.11. The number of carboxylic acids is 1. The molecule has 58 valence electrons. The summed E-state index contributed by atoms with van der Waals surface area (Å²) in [7, 11) is 2.76. The average molecular weight is 177 g/mol. The summed E-state index contributed by atoms with van der Waals surface area (Å²) < 4.78 is 0. The van der Waals surface area contributed by atoms with Crippen LogP contribution in [0.5, 0.6) is 0 Å². The number of carboxylic acid groups (broad SMARTS) is 1. The predicted molar refractivity (Wildman–Crippen MR) is 44.7 cm³/mol. The van der Waals surface area contributed by atoms with Crippen molar-refractivity contribution in [1.82, 2.24) is 0 Å². The third-order valence-corrected chi connectivity index (χ3v) is 3.40. The summed E-state index contributed by atoms with van der Waals surface area (Å²) in [5, 5.41) is 9.68. The van der Waals surface area contributed by atoms with Crippen molar-refractivity contribution in [3.63, 3.8) is 0 Å². The highest BCUT2D eigenvalue weighted by Gasteiger charge is 2.01. The first-order valence-corrected chi connectivity index (χ1v) is 5.16. The average Bonchev–Trinajstić information content (AvgIpc) is 1.88. The Morgan fingerprint density at radius 2 is 2.50 bits per heavy atom. The Morgan fingerprint density at radius 1 is 1.90 bits per heavy atom. The zero-order valence-corrected chi connectivity index (χ0v) is 7.33. The van der Waals surface area contributed by atoms with Gasteiger partial charge >= 0.3 is 0 Å². The van der Waals surface area contributed by atoms with E-state index in [2.05, 4.69) is 6.58 Å². The summed E-state index contributed by atoms with van der Waals surface area (Å²) in [5.74, 6) is -0.246. The van der Waals surface area contributed by atoms with Crippen molar-refractivity contribution in [3.8, 4) is 0 Å².